The maximum atomic E-state index is 13.8. The van der Waals surface area contributed by atoms with Gasteiger partial charge in [-0.2, -0.15) is 0 Å². The summed E-state index contributed by atoms with van der Waals surface area (Å²) in [4.78, 5) is 18.8. The van der Waals surface area contributed by atoms with Crippen molar-refractivity contribution in [3.63, 3.8) is 0 Å². The van der Waals surface area contributed by atoms with Crippen LogP contribution in [-0.2, 0) is 0 Å². The molecule has 0 aliphatic rings. The molecule has 0 bridgehead atoms. The normalized spacial score (nSPS) is 12.1. The molecule has 0 spiro atoms. The van der Waals surface area contributed by atoms with Crippen LogP contribution >= 0.6 is 11.8 Å². The third kappa shape index (κ3) is 5.26. The Kier molecular flexibility index (Phi) is 7.10. The van der Waals surface area contributed by atoms with Crippen LogP contribution in [0.25, 0.3) is 23.0 Å². The van der Waals surface area contributed by atoms with E-state index >= 15 is 0 Å². The van der Waals surface area contributed by atoms with Crippen molar-refractivity contribution in [3.8, 4) is 16.9 Å². The zero-order valence-corrected chi connectivity index (χ0v) is 19.8. The number of nitrogens with one attached hydrogen (secondary N) is 1. The van der Waals surface area contributed by atoms with E-state index in [2.05, 4.69) is 12.2 Å². The molecule has 4 rings (SSSR count). The van der Waals surface area contributed by atoms with Crippen LogP contribution in [0.4, 0.5) is 5.69 Å². The van der Waals surface area contributed by atoms with Gasteiger partial charge in [0.15, 0.2) is 5.16 Å². The minimum atomic E-state index is -0.0831. The smallest absolute Gasteiger partial charge is 0.266 e. The highest BCUT2D eigenvalue weighted by Crippen LogP contribution is 2.25. The number of hydrogen-bond acceptors (Lipinski definition) is 4. The van der Waals surface area contributed by atoms with Gasteiger partial charge >= 0.3 is 0 Å². The minimum absolute atomic E-state index is 0.0310. The first-order chi connectivity index (χ1) is 16.1. The fourth-order valence-corrected chi connectivity index (χ4v) is 4.18. The quantitative estimate of drug-likeness (QED) is 0.258. The van der Waals surface area contributed by atoms with Gasteiger partial charge in [0.25, 0.3) is 5.56 Å². The minimum Gasteiger partial charge on any atom is -0.379 e. The molecule has 0 aliphatic carbocycles. The second kappa shape index (κ2) is 10.4. The van der Waals surface area contributed by atoms with Gasteiger partial charge in [-0.15, -0.1) is 0 Å². The Morgan fingerprint density at radius 1 is 0.939 bits per heavy atom. The lowest BCUT2D eigenvalue weighted by atomic mass is 10.1. The molecule has 1 N–H and O–H groups in total. The molecular weight excluding hydrogens is 426 g/mol. The lowest BCUT2D eigenvalue weighted by Crippen LogP contribution is -2.25. The maximum Gasteiger partial charge on any atom is 0.266 e. The molecule has 1 atom stereocenters. The molecule has 4 aromatic rings. The Balaban J connectivity index is 1.83. The van der Waals surface area contributed by atoms with Gasteiger partial charge in [-0.1, -0.05) is 84.1 Å². The lowest BCUT2D eigenvalue weighted by molar-refractivity contribution is 0.798. The average molecular weight is 454 g/mol. The molecule has 0 radical (unpaired) electrons. The molecular formula is C28H27N3OS. The molecule has 166 valence electrons. The van der Waals surface area contributed by atoms with Crippen molar-refractivity contribution in [1.29, 1.82) is 0 Å². The van der Waals surface area contributed by atoms with Gasteiger partial charge in [0.1, 0.15) is 0 Å². The second-order valence-corrected chi connectivity index (χ2v) is 8.63. The van der Waals surface area contributed by atoms with E-state index in [1.54, 1.807) is 4.57 Å². The van der Waals surface area contributed by atoms with E-state index in [1.807, 2.05) is 110 Å². The van der Waals surface area contributed by atoms with Crippen LogP contribution in [0.1, 0.15) is 18.1 Å². The molecule has 1 heterocycles. The fourth-order valence-electron chi connectivity index (χ4n) is 3.63. The largest absolute Gasteiger partial charge is 0.379 e. The van der Waals surface area contributed by atoms with Gasteiger partial charge in [0, 0.05) is 17.3 Å². The number of nitrogens with zero attached hydrogens (tertiary/aromatic N) is 2. The van der Waals surface area contributed by atoms with Gasteiger partial charge in [-0.25, -0.2) is 4.98 Å². The average Bonchev–Trinajstić information content (AvgIpc) is 2.84. The summed E-state index contributed by atoms with van der Waals surface area (Å²) < 4.78 is 1.70. The molecule has 1 aromatic heterocycles. The topological polar surface area (TPSA) is 46.9 Å². The molecule has 1 unspecified atom stereocenters. The molecule has 0 fully saturated rings. The van der Waals surface area contributed by atoms with E-state index in [0.29, 0.717) is 16.4 Å². The van der Waals surface area contributed by atoms with Crippen LogP contribution in [0.5, 0.6) is 0 Å². The number of thioether (sulfide) groups is 1. The molecule has 0 saturated carbocycles. The highest BCUT2D eigenvalue weighted by Gasteiger charge is 2.17. The summed E-state index contributed by atoms with van der Waals surface area (Å²) in [6, 6.07) is 27.9. The Bertz CT molecular complexity index is 1300. The van der Waals surface area contributed by atoms with Gasteiger partial charge in [-0.3, -0.25) is 9.36 Å². The van der Waals surface area contributed by atoms with E-state index < -0.39 is 0 Å². The van der Waals surface area contributed by atoms with Crippen molar-refractivity contribution in [2.45, 2.75) is 25.0 Å². The van der Waals surface area contributed by atoms with E-state index in [1.165, 1.54) is 11.8 Å². The SMILES string of the molecule is CSc1nc(-c2ccccc2)c(/C=C/C(C)Nc2ccccc2)c(=O)n1-c1ccc(C)cc1. The van der Waals surface area contributed by atoms with Crippen molar-refractivity contribution in [2.75, 3.05) is 11.6 Å². The van der Waals surface area contributed by atoms with Crippen molar-refractivity contribution < 1.29 is 0 Å². The summed E-state index contributed by atoms with van der Waals surface area (Å²) in [6.45, 7) is 4.10. The maximum absolute atomic E-state index is 13.8. The van der Waals surface area contributed by atoms with E-state index in [0.717, 1.165) is 22.5 Å². The number of hydrogen-bond donors (Lipinski definition) is 1. The number of aromatic nitrogens is 2. The van der Waals surface area contributed by atoms with E-state index in [4.69, 9.17) is 4.98 Å². The summed E-state index contributed by atoms with van der Waals surface area (Å²) in [5, 5.41) is 4.11. The number of aryl methyl sites for hydroxylation is 1. The molecule has 0 aliphatic heterocycles. The first kappa shape index (κ1) is 22.6. The molecule has 5 heteroatoms. The number of para-hydroxylation sites is 1. The Morgan fingerprint density at radius 2 is 1.58 bits per heavy atom. The van der Waals surface area contributed by atoms with Gasteiger partial charge in [0.2, 0.25) is 0 Å². The summed E-state index contributed by atoms with van der Waals surface area (Å²) in [7, 11) is 0. The third-order valence-electron chi connectivity index (χ3n) is 5.33. The van der Waals surface area contributed by atoms with Crippen LogP contribution in [0.3, 0.4) is 0 Å². The van der Waals surface area contributed by atoms with Gasteiger partial charge < -0.3 is 5.32 Å². The second-order valence-electron chi connectivity index (χ2n) is 7.86. The Labute approximate surface area is 199 Å². The highest BCUT2D eigenvalue weighted by molar-refractivity contribution is 7.98. The number of rotatable bonds is 7. The van der Waals surface area contributed by atoms with Crippen molar-refractivity contribution in [2.24, 2.45) is 0 Å². The molecule has 0 saturated heterocycles. The fraction of sp³-hybridized carbons (Fsp3) is 0.143. The van der Waals surface area contributed by atoms with E-state index in [9.17, 15) is 4.79 Å². The van der Waals surface area contributed by atoms with Crippen LogP contribution in [0, 0.1) is 6.92 Å². The van der Waals surface area contributed by atoms with Crippen molar-refractivity contribution in [1.82, 2.24) is 9.55 Å². The summed E-state index contributed by atoms with van der Waals surface area (Å²) in [5.41, 5.74) is 5.09. The molecule has 33 heavy (non-hydrogen) atoms. The number of anilines is 1. The summed E-state index contributed by atoms with van der Waals surface area (Å²) >= 11 is 1.47. The van der Waals surface area contributed by atoms with Crippen LogP contribution in [-0.4, -0.2) is 21.8 Å². The molecule has 4 nitrogen and oxygen atoms in total. The zero-order valence-electron chi connectivity index (χ0n) is 19.0. The Morgan fingerprint density at radius 3 is 2.21 bits per heavy atom. The van der Waals surface area contributed by atoms with Crippen LogP contribution < -0.4 is 10.9 Å². The zero-order chi connectivity index (χ0) is 23.2. The first-order valence-corrected chi connectivity index (χ1v) is 12.1. The monoisotopic (exact) mass is 453 g/mol. The summed E-state index contributed by atoms with van der Waals surface area (Å²) in [5.74, 6) is 0. The van der Waals surface area contributed by atoms with Crippen LogP contribution in [0.15, 0.2) is 101 Å². The number of benzene rings is 3. The van der Waals surface area contributed by atoms with Gasteiger partial charge in [0.05, 0.1) is 16.9 Å². The predicted molar refractivity (Wildman–Crippen MR) is 140 cm³/mol. The molecule has 3 aromatic carbocycles. The van der Waals surface area contributed by atoms with Crippen molar-refractivity contribution in [3.05, 3.63) is 112 Å². The standard InChI is InChI=1S/C28H27N3OS/c1-20-14-17-24(18-15-20)31-27(32)25(19-16-21(2)29-23-12-8-5-9-13-23)26(30-28(31)33-3)22-10-6-4-7-11-22/h4-19,21,29H,1-3H3/b19-16+. The third-order valence-corrected chi connectivity index (χ3v) is 5.97. The van der Waals surface area contributed by atoms with Gasteiger partial charge in [-0.05, 0) is 50.4 Å². The van der Waals surface area contributed by atoms with Crippen molar-refractivity contribution >= 4 is 23.5 Å². The predicted octanol–water partition coefficient (Wildman–Crippen LogP) is 6.44. The summed E-state index contributed by atoms with van der Waals surface area (Å²) in [6.07, 6.45) is 5.85. The lowest BCUT2D eigenvalue weighted by Gasteiger charge is -2.16. The Hall–Kier alpha value is -3.57. The molecule has 0 amide bonds. The van der Waals surface area contributed by atoms with E-state index in [-0.39, 0.29) is 11.6 Å². The first-order valence-electron chi connectivity index (χ1n) is 10.9. The highest BCUT2D eigenvalue weighted by atomic mass is 32.2. The van der Waals surface area contributed by atoms with Crippen LogP contribution in [0.2, 0.25) is 0 Å².